The molecule has 1 unspecified atom stereocenters. The lowest BCUT2D eigenvalue weighted by Crippen LogP contribution is -2.38. The van der Waals surface area contributed by atoms with Gasteiger partial charge in [0.1, 0.15) is 5.41 Å². The molecule has 3 nitrogen and oxygen atoms in total. The first-order chi connectivity index (χ1) is 10.3. The Morgan fingerprint density at radius 1 is 1.32 bits per heavy atom. The van der Waals surface area contributed by atoms with Crippen molar-refractivity contribution < 1.29 is 14.3 Å². The minimum Gasteiger partial charge on any atom is -0.468 e. The molecule has 1 aromatic carbocycles. The van der Waals surface area contributed by atoms with E-state index in [1.165, 1.54) is 7.11 Å². The number of esters is 1. The van der Waals surface area contributed by atoms with E-state index in [9.17, 15) is 4.79 Å². The molecule has 1 saturated heterocycles. The third kappa shape index (κ3) is 3.54. The second-order valence-electron chi connectivity index (χ2n) is 6.96. The molecule has 1 atom stereocenters. The Kier molecular flexibility index (Phi) is 5.33. The van der Waals surface area contributed by atoms with Gasteiger partial charge in [0.25, 0.3) is 0 Å². The highest BCUT2D eigenvalue weighted by atomic mass is 127. The molecule has 0 radical (unpaired) electrons. The molecule has 0 bridgehead atoms. The van der Waals surface area contributed by atoms with Gasteiger partial charge in [0.15, 0.2) is 0 Å². The molecular formula is C18H23IO3. The summed E-state index contributed by atoms with van der Waals surface area (Å²) in [4.78, 5) is 12.6. The Labute approximate surface area is 146 Å². The fourth-order valence-corrected chi connectivity index (χ4v) is 4.13. The highest BCUT2D eigenvalue weighted by Gasteiger charge is 2.50. The van der Waals surface area contributed by atoms with Crippen molar-refractivity contribution in [3.05, 3.63) is 41.5 Å². The molecule has 1 fully saturated rings. The van der Waals surface area contributed by atoms with Crippen molar-refractivity contribution in [3.63, 3.8) is 0 Å². The van der Waals surface area contributed by atoms with Crippen molar-refractivity contribution in [1.82, 2.24) is 0 Å². The van der Waals surface area contributed by atoms with E-state index in [0.717, 1.165) is 14.7 Å². The van der Waals surface area contributed by atoms with Gasteiger partial charge < -0.3 is 9.47 Å². The van der Waals surface area contributed by atoms with Crippen LogP contribution in [0.1, 0.15) is 32.8 Å². The van der Waals surface area contributed by atoms with Crippen LogP contribution < -0.4 is 0 Å². The van der Waals surface area contributed by atoms with E-state index in [0.29, 0.717) is 19.6 Å². The summed E-state index contributed by atoms with van der Waals surface area (Å²) in [6, 6.07) is 10.1. The van der Waals surface area contributed by atoms with Crippen molar-refractivity contribution in [3.8, 4) is 0 Å². The number of methoxy groups -OCH3 is 1. The quantitative estimate of drug-likeness (QED) is 0.541. The fourth-order valence-electron chi connectivity index (χ4n) is 3.10. The van der Waals surface area contributed by atoms with E-state index in [1.54, 1.807) is 0 Å². The molecule has 1 aromatic rings. The number of ether oxygens (including phenoxy) is 2. The Bertz CT molecular complexity index is 572. The van der Waals surface area contributed by atoms with Gasteiger partial charge >= 0.3 is 5.97 Å². The summed E-state index contributed by atoms with van der Waals surface area (Å²) in [5.41, 5.74) is 1.48. The lowest BCUT2D eigenvalue weighted by molar-refractivity contribution is -0.152. The first-order valence-electron chi connectivity index (χ1n) is 7.41. The molecule has 120 valence electrons. The summed E-state index contributed by atoms with van der Waals surface area (Å²) >= 11 is 2.33. The highest BCUT2D eigenvalue weighted by Crippen LogP contribution is 2.48. The molecule has 0 aromatic heterocycles. The van der Waals surface area contributed by atoms with Crippen LogP contribution in [0.2, 0.25) is 0 Å². The zero-order valence-corrected chi connectivity index (χ0v) is 15.8. The number of hydrogen-bond acceptors (Lipinski definition) is 3. The minimum atomic E-state index is -0.681. The van der Waals surface area contributed by atoms with Gasteiger partial charge in [-0.05, 0) is 45.6 Å². The molecule has 2 rings (SSSR count). The molecule has 1 heterocycles. The zero-order chi connectivity index (χ0) is 16.4. The minimum absolute atomic E-state index is 0.000742. The second-order valence-corrected chi connectivity index (χ2v) is 8.04. The average molecular weight is 414 g/mol. The van der Waals surface area contributed by atoms with Crippen LogP contribution in [-0.2, 0) is 14.3 Å². The van der Waals surface area contributed by atoms with E-state index in [-0.39, 0.29) is 11.4 Å². The number of carbonyl (C=O) groups excluding carboxylic acids is 1. The summed E-state index contributed by atoms with van der Waals surface area (Å²) in [6.45, 7) is 7.30. The maximum atomic E-state index is 12.6. The normalized spacial score (nSPS) is 24.2. The summed E-state index contributed by atoms with van der Waals surface area (Å²) in [6.07, 6.45) is 0.710. The standard InChI is InChI=1S/C18H23IO3/c1-17(2,3)11-18(16(20)21-4)12-22-10-14(18)15(19)13-8-6-5-7-9-13/h5-9H,10-12H2,1-4H3/b15-14-. The van der Waals surface area contributed by atoms with Gasteiger partial charge in [0, 0.05) is 3.58 Å². The van der Waals surface area contributed by atoms with Crippen molar-refractivity contribution in [2.45, 2.75) is 27.2 Å². The number of carbonyl (C=O) groups is 1. The van der Waals surface area contributed by atoms with Crippen molar-refractivity contribution in [2.24, 2.45) is 10.8 Å². The van der Waals surface area contributed by atoms with E-state index in [4.69, 9.17) is 9.47 Å². The third-order valence-electron chi connectivity index (χ3n) is 3.87. The molecular weight excluding hydrogens is 391 g/mol. The first-order valence-corrected chi connectivity index (χ1v) is 8.49. The second kappa shape index (κ2) is 6.71. The van der Waals surface area contributed by atoms with Crippen molar-refractivity contribution >= 4 is 32.1 Å². The maximum Gasteiger partial charge on any atom is 0.318 e. The number of halogens is 1. The monoisotopic (exact) mass is 414 g/mol. The topological polar surface area (TPSA) is 35.5 Å². The smallest absolute Gasteiger partial charge is 0.318 e. The van der Waals surface area contributed by atoms with Crippen LogP contribution in [-0.4, -0.2) is 26.3 Å². The number of rotatable bonds is 3. The molecule has 4 heteroatoms. The third-order valence-corrected chi connectivity index (χ3v) is 5.15. The van der Waals surface area contributed by atoms with E-state index in [2.05, 4.69) is 55.5 Å². The summed E-state index contributed by atoms with van der Waals surface area (Å²) in [7, 11) is 1.46. The van der Waals surface area contributed by atoms with Gasteiger partial charge in [-0.3, -0.25) is 4.79 Å². The predicted molar refractivity (Wildman–Crippen MR) is 96.7 cm³/mol. The maximum absolute atomic E-state index is 12.6. The number of benzene rings is 1. The largest absolute Gasteiger partial charge is 0.468 e. The van der Waals surface area contributed by atoms with Gasteiger partial charge in [0.05, 0.1) is 20.3 Å². The van der Waals surface area contributed by atoms with Gasteiger partial charge in [-0.2, -0.15) is 0 Å². The average Bonchev–Trinajstić information content (AvgIpc) is 2.89. The summed E-state index contributed by atoms with van der Waals surface area (Å²) in [5, 5.41) is 0. The molecule has 0 amide bonds. The van der Waals surface area contributed by atoms with Crippen molar-refractivity contribution in [2.75, 3.05) is 20.3 Å². The Hall–Kier alpha value is -0.880. The van der Waals surface area contributed by atoms with Crippen LogP contribution in [0.5, 0.6) is 0 Å². The molecule has 1 aliphatic rings. The van der Waals surface area contributed by atoms with Gasteiger partial charge in [-0.25, -0.2) is 0 Å². The lowest BCUT2D eigenvalue weighted by Gasteiger charge is -2.33. The molecule has 0 aliphatic carbocycles. The van der Waals surface area contributed by atoms with E-state index in [1.807, 2.05) is 18.2 Å². The molecule has 0 spiro atoms. The van der Waals surface area contributed by atoms with Crippen LogP contribution in [0.15, 0.2) is 35.9 Å². The molecule has 0 saturated carbocycles. The Balaban J connectivity index is 2.55. The molecule has 22 heavy (non-hydrogen) atoms. The number of hydrogen-bond donors (Lipinski definition) is 0. The van der Waals surface area contributed by atoms with Crippen LogP contribution in [0.25, 0.3) is 3.58 Å². The fraction of sp³-hybridized carbons (Fsp3) is 0.500. The molecule has 1 aliphatic heterocycles. The molecule has 0 N–H and O–H groups in total. The van der Waals surface area contributed by atoms with Gasteiger partial charge in [-0.15, -0.1) is 0 Å². The highest BCUT2D eigenvalue weighted by molar-refractivity contribution is 14.1. The first kappa shape index (κ1) is 17.5. The van der Waals surface area contributed by atoms with Crippen LogP contribution in [0.3, 0.4) is 0 Å². The SMILES string of the molecule is COC(=O)C1(CC(C)(C)C)COC/C1=C(/I)c1ccccc1. The van der Waals surface area contributed by atoms with Crippen molar-refractivity contribution in [1.29, 1.82) is 0 Å². The predicted octanol–water partition coefficient (Wildman–Crippen LogP) is 4.46. The summed E-state index contributed by atoms with van der Waals surface area (Å²) in [5.74, 6) is -0.194. The Morgan fingerprint density at radius 3 is 2.50 bits per heavy atom. The van der Waals surface area contributed by atoms with Crippen LogP contribution in [0, 0.1) is 10.8 Å². The van der Waals surface area contributed by atoms with Gasteiger partial charge in [-0.1, -0.05) is 51.1 Å². The van der Waals surface area contributed by atoms with Gasteiger partial charge in [0.2, 0.25) is 0 Å². The summed E-state index contributed by atoms with van der Waals surface area (Å²) < 4.78 is 12.0. The van der Waals surface area contributed by atoms with E-state index >= 15 is 0 Å². The van der Waals surface area contributed by atoms with E-state index < -0.39 is 5.41 Å². The Morgan fingerprint density at radius 2 is 1.95 bits per heavy atom. The lowest BCUT2D eigenvalue weighted by atomic mass is 9.70. The van der Waals surface area contributed by atoms with Crippen LogP contribution in [0.4, 0.5) is 0 Å². The van der Waals surface area contributed by atoms with Crippen LogP contribution >= 0.6 is 22.6 Å². The zero-order valence-electron chi connectivity index (χ0n) is 13.6.